The Kier molecular flexibility index (Phi) is 2.99. The van der Waals surface area contributed by atoms with Crippen molar-refractivity contribution < 1.29 is 8.42 Å². The zero-order valence-electron chi connectivity index (χ0n) is 9.87. The summed E-state index contributed by atoms with van der Waals surface area (Å²) in [5.74, 6) is 0. The number of nitrogens with zero attached hydrogens (tertiary/aromatic N) is 2. The highest BCUT2D eigenvalue weighted by Crippen LogP contribution is 2.31. The molecule has 3 rings (SSSR count). The summed E-state index contributed by atoms with van der Waals surface area (Å²) in [5.41, 5.74) is 1.61. The number of fused-ring (bicyclic) bond motifs is 1. The van der Waals surface area contributed by atoms with Crippen LogP contribution in [0.5, 0.6) is 0 Å². The minimum Gasteiger partial charge on any atom is -0.199 e. The van der Waals surface area contributed by atoms with Crippen molar-refractivity contribution in [2.24, 2.45) is 0 Å². The first-order valence-corrected chi connectivity index (χ1v) is 8.49. The first kappa shape index (κ1) is 12.8. The Hall–Kier alpha value is -1.18. The molecule has 0 amide bonds. The highest BCUT2D eigenvalue weighted by molar-refractivity contribution is 9.11. The maximum absolute atomic E-state index is 12.5. The second-order valence-electron chi connectivity index (χ2n) is 4.11. The molecular formula is C12H9BrN2O2S2. The van der Waals surface area contributed by atoms with E-state index in [2.05, 4.69) is 21.0 Å². The fraction of sp³-hybridized carbons (Fsp3) is 0.0833. The SMILES string of the molecule is Cc1ccc(S(=O)(=O)n2ncc3sc(Br)cc32)cc1. The van der Waals surface area contributed by atoms with Gasteiger partial charge in [0, 0.05) is 0 Å². The van der Waals surface area contributed by atoms with E-state index in [1.807, 2.05) is 6.92 Å². The van der Waals surface area contributed by atoms with Gasteiger partial charge in [0.15, 0.2) is 0 Å². The summed E-state index contributed by atoms with van der Waals surface area (Å²) in [4.78, 5) is 0.241. The zero-order chi connectivity index (χ0) is 13.6. The van der Waals surface area contributed by atoms with Crippen molar-refractivity contribution in [3.05, 3.63) is 45.9 Å². The van der Waals surface area contributed by atoms with E-state index in [1.165, 1.54) is 11.3 Å². The average molecular weight is 357 g/mol. The Morgan fingerprint density at radius 2 is 1.95 bits per heavy atom. The Bertz CT molecular complexity index is 848. The van der Waals surface area contributed by atoms with Crippen molar-refractivity contribution >= 4 is 47.5 Å². The molecule has 0 fully saturated rings. The highest BCUT2D eigenvalue weighted by atomic mass is 79.9. The molecule has 4 nitrogen and oxygen atoms in total. The summed E-state index contributed by atoms with van der Waals surface area (Å²) < 4.78 is 27.8. The summed E-state index contributed by atoms with van der Waals surface area (Å²) in [6.07, 6.45) is 1.57. The number of aryl methyl sites for hydroxylation is 1. The van der Waals surface area contributed by atoms with E-state index in [0.29, 0.717) is 5.52 Å². The van der Waals surface area contributed by atoms with Gasteiger partial charge in [-0.05, 0) is 41.1 Å². The Labute approximate surface area is 122 Å². The van der Waals surface area contributed by atoms with Crippen LogP contribution >= 0.6 is 27.3 Å². The van der Waals surface area contributed by atoms with Crippen molar-refractivity contribution in [2.75, 3.05) is 0 Å². The van der Waals surface area contributed by atoms with Crippen LogP contribution in [-0.2, 0) is 10.0 Å². The largest absolute Gasteiger partial charge is 0.283 e. The third kappa shape index (κ3) is 2.11. The predicted molar refractivity (Wildman–Crippen MR) is 79.1 cm³/mol. The summed E-state index contributed by atoms with van der Waals surface area (Å²) >= 11 is 4.81. The molecule has 0 aliphatic carbocycles. The third-order valence-electron chi connectivity index (χ3n) is 2.74. The van der Waals surface area contributed by atoms with Crippen LogP contribution in [0.2, 0.25) is 0 Å². The lowest BCUT2D eigenvalue weighted by molar-refractivity contribution is 0.582. The predicted octanol–water partition coefficient (Wildman–Crippen LogP) is 3.41. The molecule has 0 atom stereocenters. The highest BCUT2D eigenvalue weighted by Gasteiger charge is 2.21. The molecule has 0 saturated carbocycles. The number of halogens is 1. The molecule has 19 heavy (non-hydrogen) atoms. The third-order valence-corrected chi connectivity index (χ3v) is 5.92. The summed E-state index contributed by atoms with van der Waals surface area (Å²) in [6.45, 7) is 1.92. The number of hydrogen-bond acceptors (Lipinski definition) is 4. The number of rotatable bonds is 2. The summed E-state index contributed by atoms with van der Waals surface area (Å²) in [6, 6.07) is 8.51. The van der Waals surface area contributed by atoms with Gasteiger partial charge in [0.05, 0.1) is 25.1 Å². The Morgan fingerprint density at radius 3 is 2.63 bits per heavy atom. The van der Waals surface area contributed by atoms with E-state index in [4.69, 9.17) is 0 Å². The lowest BCUT2D eigenvalue weighted by Crippen LogP contribution is -2.14. The molecule has 0 bridgehead atoms. The second-order valence-corrected chi connectivity index (χ2v) is 8.34. The van der Waals surface area contributed by atoms with Crippen molar-refractivity contribution in [3.63, 3.8) is 0 Å². The maximum atomic E-state index is 12.5. The average Bonchev–Trinajstić information content (AvgIpc) is 2.88. The summed E-state index contributed by atoms with van der Waals surface area (Å²) in [5, 5.41) is 3.99. The molecule has 2 heterocycles. The Balaban J connectivity index is 2.21. The van der Waals surface area contributed by atoms with Gasteiger partial charge in [0.1, 0.15) is 0 Å². The second kappa shape index (κ2) is 4.43. The maximum Gasteiger partial charge on any atom is 0.283 e. The molecule has 2 aromatic heterocycles. The van der Waals surface area contributed by atoms with Gasteiger partial charge in [0.25, 0.3) is 10.0 Å². The van der Waals surface area contributed by atoms with Crippen LogP contribution in [0.4, 0.5) is 0 Å². The molecule has 98 valence electrons. The number of aromatic nitrogens is 2. The van der Waals surface area contributed by atoms with Gasteiger partial charge in [-0.1, -0.05) is 17.7 Å². The number of benzene rings is 1. The van der Waals surface area contributed by atoms with Crippen molar-refractivity contribution in [3.8, 4) is 0 Å². The van der Waals surface area contributed by atoms with Gasteiger partial charge in [-0.2, -0.15) is 17.6 Å². The molecule has 7 heteroatoms. The molecule has 3 aromatic rings. The quantitative estimate of drug-likeness (QED) is 0.706. The molecule has 0 radical (unpaired) electrons. The Morgan fingerprint density at radius 1 is 1.26 bits per heavy atom. The van der Waals surface area contributed by atoms with Crippen molar-refractivity contribution in [1.82, 2.24) is 9.19 Å². The van der Waals surface area contributed by atoms with E-state index in [-0.39, 0.29) is 4.90 Å². The van der Waals surface area contributed by atoms with Gasteiger partial charge in [0.2, 0.25) is 0 Å². The van der Waals surface area contributed by atoms with Crippen molar-refractivity contribution in [2.45, 2.75) is 11.8 Å². The molecule has 0 aliphatic rings. The molecule has 0 aliphatic heterocycles. The van der Waals surface area contributed by atoms with Crippen molar-refractivity contribution in [1.29, 1.82) is 0 Å². The number of thiophene rings is 1. The fourth-order valence-corrected chi connectivity index (χ4v) is 4.57. The zero-order valence-corrected chi connectivity index (χ0v) is 13.1. The van der Waals surface area contributed by atoms with E-state index in [0.717, 1.165) is 18.1 Å². The van der Waals surface area contributed by atoms with E-state index < -0.39 is 10.0 Å². The van der Waals surface area contributed by atoms with Crippen LogP contribution < -0.4 is 0 Å². The molecule has 0 unspecified atom stereocenters. The van der Waals surface area contributed by atoms with Crippen LogP contribution in [0.15, 0.2) is 45.2 Å². The fourth-order valence-electron chi connectivity index (χ4n) is 1.78. The minimum atomic E-state index is -3.63. The molecular weight excluding hydrogens is 348 g/mol. The van der Waals surface area contributed by atoms with Gasteiger partial charge in [-0.25, -0.2) is 0 Å². The van der Waals surface area contributed by atoms with Gasteiger partial charge < -0.3 is 0 Å². The van der Waals surface area contributed by atoms with Gasteiger partial charge in [-0.15, -0.1) is 11.3 Å². The lowest BCUT2D eigenvalue weighted by atomic mass is 10.2. The topological polar surface area (TPSA) is 52.0 Å². The number of hydrogen-bond donors (Lipinski definition) is 0. The molecule has 0 N–H and O–H groups in total. The summed E-state index contributed by atoms with van der Waals surface area (Å²) in [7, 11) is -3.63. The van der Waals surface area contributed by atoms with Crippen LogP contribution in [0, 0.1) is 6.92 Å². The van der Waals surface area contributed by atoms with E-state index in [9.17, 15) is 8.42 Å². The van der Waals surface area contributed by atoms with Gasteiger partial charge >= 0.3 is 0 Å². The van der Waals surface area contributed by atoms with E-state index >= 15 is 0 Å². The smallest absolute Gasteiger partial charge is 0.199 e. The minimum absolute atomic E-state index is 0.241. The molecule has 0 saturated heterocycles. The normalized spacial score (nSPS) is 12.1. The van der Waals surface area contributed by atoms with Crippen LogP contribution in [0.1, 0.15) is 5.56 Å². The monoisotopic (exact) mass is 356 g/mol. The van der Waals surface area contributed by atoms with Gasteiger partial charge in [-0.3, -0.25) is 0 Å². The molecule has 0 spiro atoms. The first-order chi connectivity index (χ1) is 8.98. The molecule has 1 aromatic carbocycles. The lowest BCUT2D eigenvalue weighted by Gasteiger charge is -2.05. The first-order valence-electron chi connectivity index (χ1n) is 5.44. The van der Waals surface area contributed by atoms with E-state index in [1.54, 1.807) is 36.5 Å². The standard InChI is InChI=1S/C12H9BrN2O2S2/c1-8-2-4-9(5-3-8)19(16,17)15-10-6-12(13)18-11(10)7-14-15/h2-7H,1H3. The van der Waals surface area contributed by atoms with Crippen LogP contribution in [-0.4, -0.2) is 17.6 Å². The van der Waals surface area contributed by atoms with Crippen LogP contribution in [0.25, 0.3) is 10.2 Å². The van der Waals surface area contributed by atoms with Crippen LogP contribution in [0.3, 0.4) is 0 Å².